The van der Waals surface area contributed by atoms with Crippen LogP contribution in [-0.2, 0) is 0 Å². The highest BCUT2D eigenvalue weighted by Gasteiger charge is 2.05. The van der Waals surface area contributed by atoms with Crippen molar-refractivity contribution in [1.82, 2.24) is 5.16 Å². The van der Waals surface area contributed by atoms with Gasteiger partial charge in [0.2, 0.25) is 5.88 Å². The summed E-state index contributed by atoms with van der Waals surface area (Å²) >= 11 is 0. The normalized spacial score (nSPS) is 9.81. The number of hydrogen-bond acceptors (Lipinski definition) is 3. The van der Waals surface area contributed by atoms with E-state index in [9.17, 15) is 4.79 Å². The number of urea groups is 1. The molecule has 1 aromatic carbocycles. The van der Waals surface area contributed by atoms with E-state index in [1.165, 1.54) is 6.20 Å². The first-order chi connectivity index (χ1) is 7.75. The van der Waals surface area contributed by atoms with Gasteiger partial charge in [0, 0.05) is 11.8 Å². The zero-order valence-corrected chi connectivity index (χ0v) is 8.73. The summed E-state index contributed by atoms with van der Waals surface area (Å²) in [5.41, 5.74) is 1.76. The minimum Gasteiger partial charge on any atom is -0.338 e. The number of nitrogens with one attached hydrogen (secondary N) is 2. The van der Waals surface area contributed by atoms with Crippen molar-refractivity contribution in [3.63, 3.8) is 0 Å². The van der Waals surface area contributed by atoms with E-state index >= 15 is 0 Å². The molecule has 82 valence electrons. The fourth-order valence-electron chi connectivity index (χ4n) is 1.26. The summed E-state index contributed by atoms with van der Waals surface area (Å²) in [6, 6.07) is 8.73. The summed E-state index contributed by atoms with van der Waals surface area (Å²) in [6.07, 6.45) is 1.46. The van der Waals surface area contributed by atoms with Gasteiger partial charge >= 0.3 is 6.03 Å². The Hall–Kier alpha value is -2.30. The SMILES string of the molecule is Cc1ccccc1NC(=O)Nc1ccno1. The number of carbonyl (C=O) groups is 1. The van der Waals surface area contributed by atoms with Crippen LogP contribution < -0.4 is 10.6 Å². The maximum absolute atomic E-state index is 11.5. The number of hydrogen-bond donors (Lipinski definition) is 2. The smallest absolute Gasteiger partial charge is 0.326 e. The van der Waals surface area contributed by atoms with Gasteiger partial charge < -0.3 is 9.84 Å². The third-order valence-electron chi connectivity index (χ3n) is 2.07. The van der Waals surface area contributed by atoms with Crippen LogP contribution in [-0.4, -0.2) is 11.2 Å². The predicted octanol–water partition coefficient (Wildman–Crippen LogP) is 2.63. The van der Waals surface area contributed by atoms with Crippen LogP contribution >= 0.6 is 0 Å². The number of nitrogens with zero attached hydrogens (tertiary/aromatic N) is 1. The van der Waals surface area contributed by atoms with E-state index in [4.69, 9.17) is 4.52 Å². The summed E-state index contributed by atoms with van der Waals surface area (Å²) in [5, 5.41) is 8.71. The summed E-state index contributed by atoms with van der Waals surface area (Å²) in [4.78, 5) is 11.5. The lowest BCUT2D eigenvalue weighted by Crippen LogP contribution is -2.19. The molecule has 2 N–H and O–H groups in total. The van der Waals surface area contributed by atoms with Gasteiger partial charge in [-0.05, 0) is 18.6 Å². The minimum absolute atomic E-state index is 0.311. The average Bonchev–Trinajstić information content (AvgIpc) is 2.74. The molecule has 0 aliphatic rings. The minimum atomic E-state index is -0.356. The van der Waals surface area contributed by atoms with E-state index in [-0.39, 0.29) is 6.03 Å². The Morgan fingerprint density at radius 2 is 2.06 bits per heavy atom. The van der Waals surface area contributed by atoms with Gasteiger partial charge in [-0.1, -0.05) is 23.4 Å². The maximum atomic E-state index is 11.5. The van der Waals surface area contributed by atoms with E-state index < -0.39 is 0 Å². The van der Waals surface area contributed by atoms with Crippen molar-refractivity contribution < 1.29 is 9.32 Å². The number of rotatable bonds is 2. The van der Waals surface area contributed by atoms with Crippen molar-refractivity contribution in [1.29, 1.82) is 0 Å². The van der Waals surface area contributed by atoms with Crippen LogP contribution in [0.15, 0.2) is 41.1 Å². The van der Waals surface area contributed by atoms with Gasteiger partial charge in [-0.15, -0.1) is 0 Å². The van der Waals surface area contributed by atoms with Crippen molar-refractivity contribution in [2.45, 2.75) is 6.92 Å². The molecule has 0 bridgehead atoms. The first kappa shape index (κ1) is 10.2. The van der Waals surface area contributed by atoms with Crippen LogP contribution in [0, 0.1) is 6.92 Å². The molecule has 5 heteroatoms. The Morgan fingerprint density at radius 3 is 2.75 bits per heavy atom. The number of para-hydroxylation sites is 1. The molecule has 2 rings (SSSR count). The summed E-state index contributed by atoms with van der Waals surface area (Å²) in [7, 11) is 0. The molecular weight excluding hydrogens is 206 g/mol. The first-order valence-corrected chi connectivity index (χ1v) is 4.80. The Labute approximate surface area is 92.4 Å². The fraction of sp³-hybridized carbons (Fsp3) is 0.0909. The van der Waals surface area contributed by atoms with Crippen LogP contribution in [0.25, 0.3) is 0 Å². The third kappa shape index (κ3) is 2.38. The second-order valence-electron chi connectivity index (χ2n) is 3.27. The summed E-state index contributed by atoms with van der Waals surface area (Å²) < 4.78 is 4.75. The van der Waals surface area contributed by atoms with Gasteiger partial charge in [-0.25, -0.2) is 4.79 Å². The van der Waals surface area contributed by atoms with E-state index in [2.05, 4.69) is 15.8 Å². The lowest BCUT2D eigenvalue weighted by Gasteiger charge is -2.07. The van der Waals surface area contributed by atoms with Crippen LogP contribution in [0.1, 0.15) is 5.56 Å². The monoisotopic (exact) mass is 217 g/mol. The van der Waals surface area contributed by atoms with E-state index in [0.29, 0.717) is 5.88 Å². The molecule has 5 nitrogen and oxygen atoms in total. The molecule has 0 atom stereocenters. The van der Waals surface area contributed by atoms with E-state index in [1.54, 1.807) is 6.07 Å². The Kier molecular flexibility index (Phi) is 2.86. The van der Waals surface area contributed by atoms with Gasteiger partial charge in [0.15, 0.2) is 0 Å². The fourth-order valence-corrected chi connectivity index (χ4v) is 1.26. The van der Waals surface area contributed by atoms with Crippen LogP contribution in [0.4, 0.5) is 16.4 Å². The second-order valence-corrected chi connectivity index (χ2v) is 3.27. The molecule has 0 unspecified atom stereocenters. The van der Waals surface area contributed by atoms with Crippen LogP contribution in [0.3, 0.4) is 0 Å². The second kappa shape index (κ2) is 4.48. The van der Waals surface area contributed by atoms with Crippen molar-refractivity contribution in [3.05, 3.63) is 42.1 Å². The van der Waals surface area contributed by atoms with Gasteiger partial charge in [0.25, 0.3) is 0 Å². The standard InChI is InChI=1S/C11H11N3O2/c1-8-4-2-3-5-9(8)13-11(15)14-10-6-7-12-16-10/h2-7H,1H3,(H2,13,14,15). The van der Waals surface area contributed by atoms with Crippen LogP contribution in [0.2, 0.25) is 0 Å². The highest BCUT2D eigenvalue weighted by Crippen LogP contribution is 2.13. The summed E-state index contributed by atoms with van der Waals surface area (Å²) in [6.45, 7) is 1.92. The average molecular weight is 217 g/mol. The lowest BCUT2D eigenvalue weighted by atomic mass is 10.2. The van der Waals surface area contributed by atoms with Gasteiger partial charge in [0.05, 0.1) is 6.20 Å². The molecule has 16 heavy (non-hydrogen) atoms. The largest absolute Gasteiger partial charge is 0.338 e. The van der Waals surface area contributed by atoms with Crippen molar-refractivity contribution in [2.24, 2.45) is 0 Å². The van der Waals surface area contributed by atoms with Crippen LogP contribution in [0.5, 0.6) is 0 Å². The Balaban J connectivity index is 2.00. The molecule has 0 spiro atoms. The lowest BCUT2D eigenvalue weighted by molar-refractivity contribution is 0.261. The molecule has 2 aromatic rings. The molecule has 0 aliphatic heterocycles. The topological polar surface area (TPSA) is 67.2 Å². The molecule has 1 aromatic heterocycles. The highest BCUT2D eigenvalue weighted by atomic mass is 16.5. The number of carbonyl (C=O) groups excluding carboxylic acids is 1. The predicted molar refractivity (Wildman–Crippen MR) is 60.3 cm³/mol. The highest BCUT2D eigenvalue weighted by molar-refractivity contribution is 5.99. The number of amides is 2. The molecule has 0 saturated heterocycles. The number of aryl methyl sites for hydroxylation is 1. The number of aromatic nitrogens is 1. The van der Waals surface area contributed by atoms with Crippen molar-refractivity contribution >= 4 is 17.6 Å². The number of benzene rings is 1. The maximum Gasteiger partial charge on any atom is 0.326 e. The van der Waals surface area contributed by atoms with Crippen molar-refractivity contribution in [3.8, 4) is 0 Å². The molecule has 0 saturated carbocycles. The third-order valence-corrected chi connectivity index (χ3v) is 2.07. The van der Waals surface area contributed by atoms with E-state index in [0.717, 1.165) is 11.3 Å². The van der Waals surface area contributed by atoms with E-state index in [1.807, 2.05) is 31.2 Å². The van der Waals surface area contributed by atoms with Gasteiger partial charge in [-0.2, -0.15) is 0 Å². The van der Waals surface area contributed by atoms with Gasteiger partial charge in [0.1, 0.15) is 0 Å². The Bertz CT molecular complexity index is 480. The first-order valence-electron chi connectivity index (χ1n) is 4.80. The molecule has 1 heterocycles. The molecule has 0 fully saturated rings. The molecule has 0 aliphatic carbocycles. The summed E-state index contributed by atoms with van der Waals surface area (Å²) in [5.74, 6) is 0.311. The molecule has 0 radical (unpaired) electrons. The molecular formula is C11H11N3O2. The molecule has 2 amide bonds. The van der Waals surface area contributed by atoms with Crippen molar-refractivity contribution in [2.75, 3.05) is 10.6 Å². The quantitative estimate of drug-likeness (QED) is 0.812. The Morgan fingerprint density at radius 1 is 1.25 bits per heavy atom. The zero-order chi connectivity index (χ0) is 11.4. The number of anilines is 2. The zero-order valence-electron chi connectivity index (χ0n) is 8.73. The van der Waals surface area contributed by atoms with Gasteiger partial charge in [-0.3, -0.25) is 5.32 Å².